The van der Waals surface area contributed by atoms with Crippen molar-refractivity contribution >= 4 is 21.9 Å². The SMILES string of the molecule is O=c1c2ccc(O)cc2oc2c(C3OC(CO)C(O)C(O)C3O)c(O)c(C3OC(CO)C(O)C(O)C3O)c(O)c12. The lowest BCUT2D eigenvalue weighted by atomic mass is 9.85. The van der Waals surface area contributed by atoms with Crippen LogP contribution in [-0.4, -0.2) is 118 Å². The van der Waals surface area contributed by atoms with Crippen LogP contribution in [0.3, 0.4) is 0 Å². The quantitative estimate of drug-likeness (QED) is 0.141. The molecule has 0 radical (unpaired) electrons. The zero-order valence-electron chi connectivity index (χ0n) is 20.5. The maximum atomic E-state index is 13.6. The number of aliphatic hydroxyl groups excluding tert-OH is 8. The first-order valence-corrected chi connectivity index (χ1v) is 12.2. The molecule has 3 aromatic rings. The minimum atomic E-state index is -2.03. The summed E-state index contributed by atoms with van der Waals surface area (Å²) >= 11 is 0. The zero-order chi connectivity index (χ0) is 29.2. The highest BCUT2D eigenvalue weighted by atomic mass is 16.6. The molecule has 40 heavy (non-hydrogen) atoms. The van der Waals surface area contributed by atoms with E-state index < -0.39 is 113 Å². The Morgan fingerprint density at radius 3 is 1.73 bits per heavy atom. The molecule has 5 rings (SSSR count). The van der Waals surface area contributed by atoms with Gasteiger partial charge in [-0.3, -0.25) is 4.79 Å². The number of ether oxygens (including phenoxy) is 2. The molecule has 11 N–H and O–H groups in total. The van der Waals surface area contributed by atoms with E-state index in [-0.39, 0.29) is 16.7 Å². The molecule has 218 valence electrons. The maximum Gasteiger partial charge on any atom is 0.204 e. The summed E-state index contributed by atoms with van der Waals surface area (Å²) in [7, 11) is 0. The van der Waals surface area contributed by atoms with Crippen molar-refractivity contribution in [2.24, 2.45) is 0 Å². The van der Waals surface area contributed by atoms with Crippen molar-refractivity contribution in [3.63, 3.8) is 0 Å². The number of fused-ring (bicyclic) bond motifs is 2. The van der Waals surface area contributed by atoms with Crippen LogP contribution in [0.5, 0.6) is 17.2 Å². The van der Waals surface area contributed by atoms with E-state index in [1.807, 2.05) is 0 Å². The normalized spacial score (nSPS) is 34.9. The Bertz CT molecular complexity index is 1480. The highest BCUT2D eigenvalue weighted by Gasteiger charge is 2.50. The number of benzene rings is 2. The first kappa shape index (κ1) is 28.4. The Kier molecular flexibility index (Phi) is 7.38. The molecule has 3 heterocycles. The van der Waals surface area contributed by atoms with Crippen LogP contribution in [0.2, 0.25) is 0 Å². The summed E-state index contributed by atoms with van der Waals surface area (Å²) in [5.41, 5.74) is -3.02. The largest absolute Gasteiger partial charge is 0.508 e. The predicted molar refractivity (Wildman–Crippen MR) is 130 cm³/mol. The first-order valence-electron chi connectivity index (χ1n) is 12.2. The fourth-order valence-corrected chi connectivity index (χ4v) is 5.30. The number of aromatic hydroxyl groups is 3. The van der Waals surface area contributed by atoms with E-state index in [9.17, 15) is 61.0 Å². The van der Waals surface area contributed by atoms with Crippen molar-refractivity contribution in [2.75, 3.05) is 13.2 Å². The number of rotatable bonds is 4. The lowest BCUT2D eigenvalue weighted by Gasteiger charge is -2.42. The summed E-state index contributed by atoms with van der Waals surface area (Å²) in [5, 5.41) is 114. The molecule has 15 heteroatoms. The van der Waals surface area contributed by atoms with Crippen molar-refractivity contribution < 1.29 is 70.1 Å². The van der Waals surface area contributed by atoms with Crippen LogP contribution in [0.1, 0.15) is 23.3 Å². The summed E-state index contributed by atoms with van der Waals surface area (Å²) < 4.78 is 16.8. The summed E-state index contributed by atoms with van der Waals surface area (Å²) in [6.45, 7) is -1.70. The monoisotopic (exact) mass is 568 g/mol. The summed E-state index contributed by atoms with van der Waals surface area (Å²) in [4.78, 5) is 13.6. The van der Waals surface area contributed by atoms with Crippen LogP contribution in [0.4, 0.5) is 0 Å². The third-order valence-electron chi connectivity index (χ3n) is 7.48. The average Bonchev–Trinajstić information content (AvgIpc) is 2.92. The fraction of sp³-hybridized carbons (Fsp3) is 0.480. The van der Waals surface area contributed by atoms with Gasteiger partial charge in [0.25, 0.3) is 0 Å². The number of aliphatic hydroxyl groups is 8. The molecule has 2 saturated heterocycles. The van der Waals surface area contributed by atoms with Crippen molar-refractivity contribution in [1.29, 1.82) is 0 Å². The fourth-order valence-electron chi connectivity index (χ4n) is 5.30. The van der Waals surface area contributed by atoms with E-state index in [0.29, 0.717) is 0 Å². The van der Waals surface area contributed by atoms with Crippen molar-refractivity contribution in [3.05, 3.63) is 39.5 Å². The van der Waals surface area contributed by atoms with Gasteiger partial charge in [0.2, 0.25) is 5.43 Å². The van der Waals surface area contributed by atoms with E-state index in [1.54, 1.807) is 0 Å². The van der Waals surface area contributed by atoms with Gasteiger partial charge in [-0.25, -0.2) is 0 Å². The van der Waals surface area contributed by atoms with Gasteiger partial charge < -0.3 is 70.1 Å². The predicted octanol–water partition coefficient (Wildman–Crippen LogP) is -2.91. The summed E-state index contributed by atoms with van der Waals surface area (Å²) in [6.07, 6.45) is -18.2. The topological polar surface area (TPSA) is 271 Å². The Balaban J connectivity index is 1.86. The minimum absolute atomic E-state index is 0.147. The van der Waals surface area contributed by atoms with E-state index in [4.69, 9.17) is 13.9 Å². The third kappa shape index (κ3) is 4.19. The van der Waals surface area contributed by atoms with Gasteiger partial charge in [-0.15, -0.1) is 0 Å². The summed E-state index contributed by atoms with van der Waals surface area (Å²) in [6, 6.07) is 3.41. The van der Waals surface area contributed by atoms with E-state index in [1.165, 1.54) is 12.1 Å². The molecule has 2 fully saturated rings. The molecule has 2 aliphatic rings. The Labute approximate surface area is 223 Å². The molecular formula is C25H28O15. The van der Waals surface area contributed by atoms with Crippen molar-refractivity contribution in [3.8, 4) is 17.2 Å². The van der Waals surface area contributed by atoms with E-state index in [0.717, 1.165) is 6.07 Å². The molecule has 10 atom stereocenters. The smallest absolute Gasteiger partial charge is 0.204 e. The number of phenols is 3. The highest BCUT2D eigenvalue weighted by molar-refractivity contribution is 5.97. The van der Waals surface area contributed by atoms with Gasteiger partial charge in [-0.1, -0.05) is 0 Å². The Hall–Kier alpha value is -3.09. The van der Waals surface area contributed by atoms with Gasteiger partial charge in [0, 0.05) is 6.07 Å². The second-order valence-corrected chi connectivity index (χ2v) is 9.84. The molecule has 15 nitrogen and oxygen atoms in total. The van der Waals surface area contributed by atoms with Crippen LogP contribution in [-0.2, 0) is 9.47 Å². The standard InChI is InChI=1S/C25H28O15/c26-4-9-15(30)19(34)21(36)24(39-9)12-17(32)11-14(29)7-2-1-6(28)3-8(7)38-23(11)13(18(12)33)25-22(37)20(35)16(31)10(5-27)40-25/h1-3,9-10,15-16,19-22,24-28,30-37H,4-5H2. The lowest BCUT2D eigenvalue weighted by molar-refractivity contribution is -0.234. The minimum Gasteiger partial charge on any atom is -0.508 e. The van der Waals surface area contributed by atoms with Gasteiger partial charge in [0.05, 0.1) is 29.7 Å². The van der Waals surface area contributed by atoms with Crippen molar-refractivity contribution in [1.82, 2.24) is 0 Å². The average molecular weight is 568 g/mol. The number of hydrogen-bond acceptors (Lipinski definition) is 15. The number of hydrogen-bond donors (Lipinski definition) is 11. The van der Waals surface area contributed by atoms with Crippen LogP contribution in [0.15, 0.2) is 27.4 Å². The van der Waals surface area contributed by atoms with Gasteiger partial charge in [0.15, 0.2) is 5.58 Å². The van der Waals surface area contributed by atoms with Crippen LogP contribution in [0, 0.1) is 0 Å². The van der Waals surface area contributed by atoms with Crippen LogP contribution >= 0.6 is 0 Å². The second-order valence-electron chi connectivity index (χ2n) is 9.84. The molecule has 0 amide bonds. The molecule has 1 aromatic heterocycles. The Morgan fingerprint density at radius 2 is 1.20 bits per heavy atom. The van der Waals surface area contributed by atoms with Gasteiger partial charge in [-0.05, 0) is 12.1 Å². The van der Waals surface area contributed by atoms with Crippen LogP contribution < -0.4 is 5.43 Å². The summed E-state index contributed by atoms with van der Waals surface area (Å²) in [5.74, 6) is -2.31. The van der Waals surface area contributed by atoms with E-state index in [2.05, 4.69) is 0 Å². The van der Waals surface area contributed by atoms with Crippen LogP contribution in [0.25, 0.3) is 21.9 Å². The zero-order valence-corrected chi connectivity index (χ0v) is 20.5. The van der Waals surface area contributed by atoms with Gasteiger partial charge in [-0.2, -0.15) is 0 Å². The molecule has 0 aliphatic carbocycles. The molecule has 0 spiro atoms. The van der Waals surface area contributed by atoms with Gasteiger partial charge in [0.1, 0.15) is 89.3 Å². The molecular weight excluding hydrogens is 540 g/mol. The molecule has 0 bridgehead atoms. The molecule has 2 aromatic carbocycles. The molecule has 0 saturated carbocycles. The second kappa shape index (κ2) is 10.4. The molecule has 10 unspecified atom stereocenters. The first-order chi connectivity index (χ1) is 18.9. The maximum absolute atomic E-state index is 13.6. The van der Waals surface area contributed by atoms with Gasteiger partial charge >= 0.3 is 0 Å². The number of phenolic OH excluding ortho intramolecular Hbond substituents is 3. The third-order valence-corrected chi connectivity index (χ3v) is 7.48. The highest BCUT2D eigenvalue weighted by Crippen LogP contribution is 2.51. The molecule has 2 aliphatic heterocycles. The van der Waals surface area contributed by atoms with E-state index >= 15 is 0 Å². The lowest BCUT2D eigenvalue weighted by Crippen LogP contribution is -2.55. The Morgan fingerprint density at radius 1 is 0.675 bits per heavy atom. The van der Waals surface area contributed by atoms with Crippen molar-refractivity contribution in [2.45, 2.75) is 61.0 Å².